The second-order valence-corrected chi connectivity index (χ2v) is 19.3. The molecule has 0 heterocycles. The molecule has 8 N–H and O–H groups in total. The van der Waals surface area contributed by atoms with E-state index in [0.717, 1.165) is 51.4 Å². The van der Waals surface area contributed by atoms with Gasteiger partial charge < -0.3 is 22.9 Å². The summed E-state index contributed by atoms with van der Waals surface area (Å²) in [7, 11) is -1.46. The zero-order chi connectivity index (χ0) is 35.4. The molecule has 252 valence electrons. The Balaban J connectivity index is 1.97. The van der Waals surface area contributed by atoms with Gasteiger partial charge in [0.2, 0.25) is 0 Å². The van der Waals surface area contributed by atoms with E-state index in [4.69, 9.17) is 22.9 Å². The second-order valence-electron chi connectivity index (χ2n) is 14.2. The average molecular weight is 669 g/mol. The fourth-order valence-corrected chi connectivity index (χ4v) is 14.3. The highest BCUT2D eigenvalue weighted by molar-refractivity contribution is 7.75. The lowest BCUT2D eigenvalue weighted by Gasteiger charge is -2.36. The van der Waals surface area contributed by atoms with Gasteiger partial charge in [0.15, 0.2) is 0 Å². The molecule has 0 amide bonds. The van der Waals surface area contributed by atoms with Crippen molar-refractivity contribution in [3.63, 3.8) is 0 Å². The summed E-state index contributed by atoms with van der Waals surface area (Å²) in [5.41, 5.74) is 45.5. The number of anilines is 4. The van der Waals surface area contributed by atoms with Crippen molar-refractivity contribution in [3.05, 3.63) is 91.0 Å². The van der Waals surface area contributed by atoms with Gasteiger partial charge in [0.1, 0.15) is 0 Å². The van der Waals surface area contributed by atoms with Crippen molar-refractivity contribution in [3.8, 4) is 0 Å². The Morgan fingerprint density at radius 1 is 0.383 bits per heavy atom. The van der Waals surface area contributed by atoms with Crippen molar-refractivity contribution in [1.82, 2.24) is 0 Å². The maximum atomic E-state index is 6.59. The molecule has 0 saturated carbocycles. The number of benzene rings is 4. The summed E-state index contributed by atoms with van der Waals surface area (Å²) in [6.45, 7) is 31.3. The third kappa shape index (κ3) is 6.54. The van der Waals surface area contributed by atoms with Crippen LogP contribution < -0.4 is 44.2 Å². The highest BCUT2D eigenvalue weighted by atomic mass is 31.1. The lowest BCUT2D eigenvalue weighted by Crippen LogP contribution is -2.30. The second kappa shape index (κ2) is 13.8. The maximum absolute atomic E-state index is 6.59. The Morgan fingerprint density at radius 2 is 0.574 bits per heavy atom. The molecule has 0 fully saturated rings. The van der Waals surface area contributed by atoms with Crippen molar-refractivity contribution in [2.24, 2.45) is 0 Å². The lowest BCUT2D eigenvalue weighted by atomic mass is 10.0. The predicted octanol–water partition coefficient (Wildman–Crippen LogP) is 8.45. The average Bonchev–Trinajstić information content (AvgIpc) is 3.02. The molecule has 47 heavy (non-hydrogen) atoms. The molecule has 0 aliphatic heterocycles. The van der Waals surface area contributed by atoms with Gasteiger partial charge in [0, 0.05) is 22.7 Å². The van der Waals surface area contributed by atoms with Crippen LogP contribution in [0.15, 0.2) is 24.3 Å². The van der Waals surface area contributed by atoms with E-state index < -0.39 is 15.8 Å². The molecular formula is C41H58N4P2. The van der Waals surface area contributed by atoms with Crippen molar-refractivity contribution in [1.29, 1.82) is 0 Å². The molecule has 0 spiro atoms. The van der Waals surface area contributed by atoms with Gasteiger partial charge in [-0.1, -0.05) is 13.8 Å². The standard InChI is InChI=1S/C41H58N4P2/c1-20-15-34(26(7)30(11)38(20)42)46(35-16-21(2)39(43)31(12)27(35)8)24(5)19-25(6)47(36-17-22(3)40(44)32(13)28(36)9)37-18-23(4)41(45)33(14)29(37)10/h15-18,24-25H,19,42-45H2,1-14H3. The van der Waals surface area contributed by atoms with Crippen LogP contribution in [0.1, 0.15) is 87.0 Å². The van der Waals surface area contributed by atoms with Gasteiger partial charge in [-0.25, -0.2) is 0 Å². The highest BCUT2D eigenvalue weighted by Gasteiger charge is 2.33. The van der Waals surface area contributed by atoms with Crippen molar-refractivity contribution >= 4 is 59.8 Å². The number of rotatable bonds is 8. The summed E-state index contributed by atoms with van der Waals surface area (Å²) < 4.78 is 0. The van der Waals surface area contributed by atoms with Crippen LogP contribution in [0.5, 0.6) is 0 Å². The summed E-state index contributed by atoms with van der Waals surface area (Å²) in [6.07, 6.45) is 1.07. The smallest absolute Gasteiger partial charge is 0.0376 e. The van der Waals surface area contributed by atoms with Crippen LogP contribution in [0.3, 0.4) is 0 Å². The van der Waals surface area contributed by atoms with Crippen LogP contribution in [0.2, 0.25) is 0 Å². The topological polar surface area (TPSA) is 104 Å². The summed E-state index contributed by atoms with van der Waals surface area (Å²) in [5.74, 6) is 0. The van der Waals surface area contributed by atoms with Crippen LogP contribution in [0.25, 0.3) is 0 Å². The molecule has 0 aliphatic carbocycles. The number of hydrogen-bond acceptors (Lipinski definition) is 4. The fraction of sp³-hybridized carbons (Fsp3) is 0.415. The maximum Gasteiger partial charge on any atom is 0.0376 e. The highest BCUT2D eigenvalue weighted by Crippen LogP contribution is 2.51. The van der Waals surface area contributed by atoms with E-state index in [1.807, 2.05) is 0 Å². The SMILES string of the molecule is Cc1cc(P(c2cc(C)c(N)c(C)c2C)C(C)CC(C)P(c2cc(C)c(N)c(C)c2C)c2cc(C)c(N)c(C)c2C)c(C)c(C)c1N. The van der Waals surface area contributed by atoms with Gasteiger partial charge in [-0.05, 0) is 229 Å². The van der Waals surface area contributed by atoms with E-state index in [0.29, 0.717) is 11.3 Å². The molecule has 2 atom stereocenters. The molecular weight excluding hydrogens is 610 g/mol. The third-order valence-corrected chi connectivity index (χ3v) is 17.2. The Bertz CT molecular complexity index is 1610. The Kier molecular flexibility index (Phi) is 10.8. The first kappa shape index (κ1) is 36.8. The molecule has 4 nitrogen and oxygen atoms in total. The van der Waals surface area contributed by atoms with Crippen molar-refractivity contribution < 1.29 is 0 Å². The minimum Gasteiger partial charge on any atom is -0.398 e. The van der Waals surface area contributed by atoms with E-state index >= 15 is 0 Å². The van der Waals surface area contributed by atoms with Crippen LogP contribution >= 0.6 is 15.8 Å². The molecule has 0 aliphatic rings. The van der Waals surface area contributed by atoms with Gasteiger partial charge in [-0.15, -0.1) is 0 Å². The largest absolute Gasteiger partial charge is 0.398 e. The number of nitrogen functional groups attached to an aromatic ring is 4. The van der Waals surface area contributed by atoms with Gasteiger partial charge in [0.25, 0.3) is 0 Å². The molecule has 0 bridgehead atoms. The van der Waals surface area contributed by atoms with E-state index in [2.05, 4.69) is 121 Å². The van der Waals surface area contributed by atoms with Gasteiger partial charge in [0.05, 0.1) is 0 Å². The van der Waals surface area contributed by atoms with Gasteiger partial charge in [-0.2, -0.15) is 0 Å². The zero-order valence-corrected chi connectivity index (χ0v) is 33.2. The minimum atomic E-state index is -0.730. The molecule has 6 heteroatoms. The number of hydrogen-bond donors (Lipinski definition) is 4. The Hall–Kier alpha value is -3.06. The van der Waals surface area contributed by atoms with Crippen molar-refractivity contribution in [2.45, 2.75) is 115 Å². The molecule has 4 aromatic rings. The van der Waals surface area contributed by atoms with E-state index in [1.54, 1.807) is 0 Å². The monoisotopic (exact) mass is 668 g/mol. The minimum absolute atomic E-state index is 0.403. The molecule has 4 aromatic carbocycles. The third-order valence-electron chi connectivity index (χ3n) is 11.1. The van der Waals surface area contributed by atoms with E-state index in [1.165, 1.54) is 65.7 Å². The first-order valence-corrected chi connectivity index (χ1v) is 19.7. The summed E-state index contributed by atoms with van der Waals surface area (Å²) in [4.78, 5) is 0. The lowest BCUT2D eigenvalue weighted by molar-refractivity contribution is 0.792. The summed E-state index contributed by atoms with van der Waals surface area (Å²) >= 11 is 0. The fourth-order valence-electron chi connectivity index (χ4n) is 7.24. The summed E-state index contributed by atoms with van der Waals surface area (Å²) in [6, 6.07) is 9.51. The number of aryl methyl sites for hydroxylation is 4. The Labute approximate surface area is 287 Å². The van der Waals surface area contributed by atoms with Crippen molar-refractivity contribution in [2.75, 3.05) is 22.9 Å². The first-order valence-electron chi connectivity index (χ1n) is 16.8. The molecule has 4 rings (SSSR count). The van der Waals surface area contributed by atoms with Crippen LogP contribution in [0.4, 0.5) is 22.7 Å². The normalized spacial score (nSPS) is 13.1. The van der Waals surface area contributed by atoms with Gasteiger partial charge >= 0.3 is 0 Å². The molecule has 0 aromatic heterocycles. The first-order chi connectivity index (χ1) is 21.8. The van der Waals surface area contributed by atoms with E-state index in [-0.39, 0.29) is 0 Å². The Morgan fingerprint density at radius 3 is 0.766 bits per heavy atom. The summed E-state index contributed by atoms with van der Waals surface area (Å²) in [5, 5.41) is 5.74. The zero-order valence-electron chi connectivity index (χ0n) is 31.4. The molecule has 0 saturated heterocycles. The van der Waals surface area contributed by atoms with E-state index in [9.17, 15) is 0 Å². The van der Waals surface area contributed by atoms with Crippen LogP contribution in [0, 0.1) is 83.1 Å². The molecule has 2 unspecified atom stereocenters. The van der Waals surface area contributed by atoms with Crippen LogP contribution in [-0.4, -0.2) is 11.3 Å². The van der Waals surface area contributed by atoms with Gasteiger partial charge in [-0.3, -0.25) is 0 Å². The predicted molar refractivity (Wildman–Crippen MR) is 216 cm³/mol. The molecule has 0 radical (unpaired) electrons. The van der Waals surface area contributed by atoms with Crippen LogP contribution in [-0.2, 0) is 0 Å². The quantitative estimate of drug-likeness (QED) is 0.112. The number of nitrogens with two attached hydrogens (primary N) is 4.